The number of aromatic nitrogens is 4. The van der Waals surface area contributed by atoms with E-state index in [4.69, 9.17) is 10.2 Å². The van der Waals surface area contributed by atoms with Gasteiger partial charge in [-0.15, -0.1) is 0 Å². The van der Waals surface area contributed by atoms with Crippen LogP contribution in [-0.4, -0.2) is 43.4 Å². The SMILES string of the molecule is C/C(=C/CCO)c1ncc(F)cn1.C/C(=C\CCO)c1ncc(F)cn1. The number of rotatable bonds is 6. The highest BCUT2D eigenvalue weighted by atomic mass is 19.1. The highest BCUT2D eigenvalue weighted by Gasteiger charge is 1.99. The Morgan fingerprint density at radius 3 is 1.35 bits per heavy atom. The molecule has 0 aliphatic carbocycles. The summed E-state index contributed by atoms with van der Waals surface area (Å²) in [6.07, 6.45) is 9.24. The van der Waals surface area contributed by atoms with E-state index in [-0.39, 0.29) is 13.2 Å². The Morgan fingerprint density at radius 1 is 0.769 bits per heavy atom. The number of allylic oxidation sites excluding steroid dienone is 2. The predicted octanol–water partition coefficient (Wildman–Crippen LogP) is 2.80. The smallest absolute Gasteiger partial charge is 0.159 e. The van der Waals surface area contributed by atoms with Crippen molar-refractivity contribution in [1.29, 1.82) is 0 Å². The van der Waals surface area contributed by atoms with Gasteiger partial charge in [-0.05, 0) is 37.8 Å². The van der Waals surface area contributed by atoms with Gasteiger partial charge in [0.15, 0.2) is 23.3 Å². The van der Waals surface area contributed by atoms with E-state index in [9.17, 15) is 8.78 Å². The summed E-state index contributed by atoms with van der Waals surface area (Å²) in [5.74, 6) is 0.0992. The van der Waals surface area contributed by atoms with Gasteiger partial charge in [-0.3, -0.25) is 0 Å². The fourth-order valence-electron chi connectivity index (χ4n) is 1.78. The summed E-state index contributed by atoms with van der Waals surface area (Å²) in [5.41, 5.74) is 1.68. The summed E-state index contributed by atoms with van der Waals surface area (Å²) >= 11 is 0. The summed E-state index contributed by atoms with van der Waals surface area (Å²) in [7, 11) is 0. The lowest BCUT2D eigenvalue weighted by molar-refractivity contribution is 0.302. The molecule has 2 heterocycles. The van der Waals surface area contributed by atoms with Gasteiger partial charge in [0.05, 0.1) is 24.8 Å². The maximum Gasteiger partial charge on any atom is 0.159 e. The third kappa shape index (κ3) is 8.00. The molecule has 0 amide bonds. The molecule has 0 fully saturated rings. The maximum atomic E-state index is 12.4. The highest BCUT2D eigenvalue weighted by molar-refractivity contribution is 5.57. The number of aliphatic hydroxyl groups is 2. The van der Waals surface area contributed by atoms with E-state index in [1.165, 1.54) is 0 Å². The van der Waals surface area contributed by atoms with Crippen LogP contribution in [0.15, 0.2) is 36.9 Å². The molecule has 2 aromatic heterocycles. The van der Waals surface area contributed by atoms with E-state index in [1.54, 1.807) is 0 Å². The zero-order chi connectivity index (χ0) is 19.4. The van der Waals surface area contributed by atoms with Crippen LogP contribution in [0, 0.1) is 11.6 Å². The molecule has 0 unspecified atom stereocenters. The second kappa shape index (κ2) is 11.9. The van der Waals surface area contributed by atoms with Crippen LogP contribution in [0.1, 0.15) is 38.3 Å². The molecular weight excluding hydrogens is 342 g/mol. The third-order valence-corrected chi connectivity index (χ3v) is 3.11. The van der Waals surface area contributed by atoms with Gasteiger partial charge in [0.2, 0.25) is 0 Å². The Hall–Kier alpha value is -2.58. The van der Waals surface area contributed by atoms with Gasteiger partial charge >= 0.3 is 0 Å². The molecule has 0 aliphatic rings. The molecule has 0 saturated carbocycles. The third-order valence-electron chi connectivity index (χ3n) is 3.11. The van der Waals surface area contributed by atoms with E-state index in [2.05, 4.69) is 19.9 Å². The van der Waals surface area contributed by atoms with Crippen LogP contribution in [-0.2, 0) is 0 Å². The Bertz CT molecular complexity index is 653. The van der Waals surface area contributed by atoms with Gasteiger partial charge in [0.25, 0.3) is 0 Å². The van der Waals surface area contributed by atoms with Crippen LogP contribution in [0.4, 0.5) is 8.78 Å². The summed E-state index contributed by atoms with van der Waals surface area (Å²) in [4.78, 5) is 15.2. The maximum absolute atomic E-state index is 12.4. The zero-order valence-corrected chi connectivity index (χ0v) is 14.7. The molecule has 2 aromatic rings. The number of nitrogens with zero attached hydrogens (tertiary/aromatic N) is 4. The fourth-order valence-corrected chi connectivity index (χ4v) is 1.78. The molecule has 140 valence electrons. The van der Waals surface area contributed by atoms with E-state index in [0.717, 1.165) is 35.9 Å². The minimum absolute atomic E-state index is 0.0958. The Labute approximate surface area is 151 Å². The van der Waals surface area contributed by atoms with E-state index in [0.29, 0.717) is 24.5 Å². The van der Waals surface area contributed by atoms with Crippen molar-refractivity contribution in [3.05, 3.63) is 60.2 Å². The number of hydrogen-bond acceptors (Lipinski definition) is 6. The van der Waals surface area contributed by atoms with Crippen molar-refractivity contribution < 1.29 is 19.0 Å². The van der Waals surface area contributed by atoms with Crippen molar-refractivity contribution in [3.8, 4) is 0 Å². The van der Waals surface area contributed by atoms with Crippen molar-refractivity contribution in [2.75, 3.05) is 13.2 Å². The van der Waals surface area contributed by atoms with Gasteiger partial charge in [-0.25, -0.2) is 28.7 Å². The van der Waals surface area contributed by atoms with Crippen molar-refractivity contribution in [1.82, 2.24) is 19.9 Å². The van der Waals surface area contributed by atoms with Gasteiger partial charge in [0.1, 0.15) is 0 Å². The first-order valence-electron chi connectivity index (χ1n) is 7.99. The minimum atomic E-state index is -0.446. The molecule has 0 aliphatic heterocycles. The first-order chi connectivity index (χ1) is 12.5. The van der Waals surface area contributed by atoms with Crippen molar-refractivity contribution in [2.24, 2.45) is 0 Å². The van der Waals surface area contributed by atoms with Crippen LogP contribution in [0.25, 0.3) is 11.1 Å². The summed E-state index contributed by atoms with van der Waals surface area (Å²) in [5, 5.41) is 17.1. The number of halogens is 2. The highest BCUT2D eigenvalue weighted by Crippen LogP contribution is 2.08. The van der Waals surface area contributed by atoms with E-state index < -0.39 is 11.6 Å². The topological polar surface area (TPSA) is 92.0 Å². The fraction of sp³-hybridized carbons (Fsp3) is 0.333. The molecule has 26 heavy (non-hydrogen) atoms. The Balaban J connectivity index is 0.000000260. The normalized spacial score (nSPS) is 11.8. The Kier molecular flexibility index (Phi) is 9.81. The predicted molar refractivity (Wildman–Crippen MR) is 94.7 cm³/mol. The minimum Gasteiger partial charge on any atom is -0.396 e. The molecule has 0 bridgehead atoms. The number of hydrogen-bond donors (Lipinski definition) is 2. The van der Waals surface area contributed by atoms with Crippen molar-refractivity contribution in [3.63, 3.8) is 0 Å². The molecular formula is C18H22F2N4O2. The van der Waals surface area contributed by atoms with Gasteiger partial charge in [-0.1, -0.05) is 12.2 Å². The molecule has 0 radical (unpaired) electrons. The average molecular weight is 364 g/mol. The van der Waals surface area contributed by atoms with Gasteiger partial charge in [0, 0.05) is 13.2 Å². The lowest BCUT2D eigenvalue weighted by Crippen LogP contribution is -1.92. The molecule has 0 aromatic carbocycles. The van der Waals surface area contributed by atoms with Crippen LogP contribution >= 0.6 is 0 Å². The molecule has 0 atom stereocenters. The van der Waals surface area contributed by atoms with Crippen LogP contribution in [0.3, 0.4) is 0 Å². The Morgan fingerprint density at radius 2 is 1.08 bits per heavy atom. The molecule has 0 saturated heterocycles. The van der Waals surface area contributed by atoms with Crippen molar-refractivity contribution in [2.45, 2.75) is 26.7 Å². The first-order valence-corrected chi connectivity index (χ1v) is 7.99. The number of aliphatic hydroxyl groups excluding tert-OH is 2. The van der Waals surface area contributed by atoms with Gasteiger partial charge < -0.3 is 10.2 Å². The van der Waals surface area contributed by atoms with Crippen LogP contribution < -0.4 is 0 Å². The lowest BCUT2D eigenvalue weighted by Gasteiger charge is -1.98. The van der Waals surface area contributed by atoms with E-state index in [1.807, 2.05) is 26.0 Å². The van der Waals surface area contributed by atoms with E-state index >= 15 is 0 Å². The second-order valence-corrected chi connectivity index (χ2v) is 5.25. The summed E-state index contributed by atoms with van der Waals surface area (Å²) in [6, 6.07) is 0. The molecule has 8 heteroatoms. The standard InChI is InChI=1S/2C9H11FN2O/c2*1-7(3-2-4-13)9-11-5-8(10)6-12-9/h2*3,5-6,13H,2,4H2,1H3/b7-3+;7-3-. The second-order valence-electron chi connectivity index (χ2n) is 5.25. The van der Waals surface area contributed by atoms with Crippen LogP contribution in [0.5, 0.6) is 0 Å². The summed E-state index contributed by atoms with van der Waals surface area (Å²) in [6.45, 7) is 3.84. The van der Waals surface area contributed by atoms with Crippen molar-refractivity contribution >= 4 is 11.1 Å². The first kappa shape index (κ1) is 21.5. The lowest BCUT2D eigenvalue weighted by atomic mass is 10.2. The molecule has 2 N–H and O–H groups in total. The quantitative estimate of drug-likeness (QED) is 0.819. The average Bonchev–Trinajstić information content (AvgIpc) is 2.66. The molecule has 6 nitrogen and oxygen atoms in total. The summed E-state index contributed by atoms with van der Waals surface area (Å²) < 4.78 is 24.8. The zero-order valence-electron chi connectivity index (χ0n) is 14.7. The molecule has 2 rings (SSSR count). The monoisotopic (exact) mass is 364 g/mol. The van der Waals surface area contributed by atoms with Crippen LogP contribution in [0.2, 0.25) is 0 Å². The van der Waals surface area contributed by atoms with Gasteiger partial charge in [-0.2, -0.15) is 0 Å². The largest absolute Gasteiger partial charge is 0.396 e. The molecule has 0 spiro atoms.